The van der Waals surface area contributed by atoms with Gasteiger partial charge in [0.1, 0.15) is 0 Å². The summed E-state index contributed by atoms with van der Waals surface area (Å²) < 4.78 is 1.20. The molecule has 2 nitrogen and oxygen atoms in total. The summed E-state index contributed by atoms with van der Waals surface area (Å²) in [5, 5.41) is 3.00. The second-order valence-electron chi connectivity index (χ2n) is 4.08. The highest BCUT2D eigenvalue weighted by Gasteiger charge is 2.25. The van der Waals surface area contributed by atoms with Crippen molar-refractivity contribution < 1.29 is 4.79 Å². The second-order valence-corrected chi connectivity index (χ2v) is 5.32. The van der Waals surface area contributed by atoms with Gasteiger partial charge in [0.15, 0.2) is 0 Å². The topological polar surface area (TPSA) is 29.1 Å². The maximum atomic E-state index is 11.7. The number of carbonyl (C=O) groups is 1. The zero-order chi connectivity index (χ0) is 10.8. The van der Waals surface area contributed by atoms with Crippen LogP contribution in [0.2, 0.25) is 0 Å². The summed E-state index contributed by atoms with van der Waals surface area (Å²) in [5.41, 5.74) is 2.09. The van der Waals surface area contributed by atoms with Crippen LogP contribution in [0.4, 0.5) is 5.69 Å². The predicted molar refractivity (Wildman–Crippen MR) is 69.9 cm³/mol. The number of hydrogen-bond acceptors (Lipinski definition) is 1. The van der Waals surface area contributed by atoms with E-state index >= 15 is 0 Å². The van der Waals surface area contributed by atoms with Gasteiger partial charge in [-0.25, -0.2) is 0 Å². The minimum absolute atomic E-state index is 0.186. The maximum absolute atomic E-state index is 11.7. The summed E-state index contributed by atoms with van der Waals surface area (Å²) in [6.07, 6.45) is 3.30. The number of nitrogens with one attached hydrogen (secondary N) is 1. The van der Waals surface area contributed by atoms with E-state index in [0.29, 0.717) is 0 Å². The Balaban J connectivity index is 2.06. The van der Waals surface area contributed by atoms with Gasteiger partial charge in [0.2, 0.25) is 5.91 Å². The number of halogens is 1. The van der Waals surface area contributed by atoms with Crippen molar-refractivity contribution in [2.75, 3.05) is 5.32 Å². The largest absolute Gasteiger partial charge is 0.326 e. The van der Waals surface area contributed by atoms with Crippen LogP contribution in [0.15, 0.2) is 18.2 Å². The van der Waals surface area contributed by atoms with Crippen LogP contribution in [-0.4, -0.2) is 5.91 Å². The van der Waals surface area contributed by atoms with Crippen molar-refractivity contribution in [1.29, 1.82) is 0 Å². The van der Waals surface area contributed by atoms with Crippen LogP contribution in [-0.2, 0) is 4.79 Å². The Morgan fingerprint density at radius 2 is 2.20 bits per heavy atom. The standard InChI is InChI=1S/C12H14INO/c1-8-7-10(13)5-6-11(8)14-12(15)9-3-2-4-9/h5-7,9H,2-4H2,1H3,(H,14,15). The number of rotatable bonds is 2. The van der Waals surface area contributed by atoms with Crippen LogP contribution in [0.3, 0.4) is 0 Å². The fourth-order valence-electron chi connectivity index (χ4n) is 1.67. The maximum Gasteiger partial charge on any atom is 0.227 e. The monoisotopic (exact) mass is 315 g/mol. The van der Waals surface area contributed by atoms with Crippen molar-refractivity contribution >= 4 is 34.2 Å². The van der Waals surface area contributed by atoms with Gasteiger partial charge in [-0.3, -0.25) is 4.79 Å². The molecule has 1 aliphatic carbocycles. The molecular formula is C12H14INO. The molecule has 0 aliphatic heterocycles. The van der Waals surface area contributed by atoms with Crippen LogP contribution in [0.5, 0.6) is 0 Å². The summed E-state index contributed by atoms with van der Waals surface area (Å²) in [5.74, 6) is 0.439. The zero-order valence-electron chi connectivity index (χ0n) is 8.72. The summed E-state index contributed by atoms with van der Waals surface area (Å²) in [4.78, 5) is 11.7. The number of benzene rings is 1. The lowest BCUT2D eigenvalue weighted by Gasteiger charge is -2.24. The molecule has 1 saturated carbocycles. The van der Waals surface area contributed by atoms with Gasteiger partial charge in [-0.1, -0.05) is 6.42 Å². The lowest BCUT2D eigenvalue weighted by molar-refractivity contribution is -0.122. The Hall–Kier alpha value is -0.580. The molecule has 0 spiro atoms. The van der Waals surface area contributed by atoms with E-state index in [1.807, 2.05) is 19.1 Å². The normalized spacial score (nSPS) is 15.9. The predicted octanol–water partition coefficient (Wildman–Crippen LogP) is 3.34. The van der Waals surface area contributed by atoms with E-state index in [0.717, 1.165) is 24.1 Å². The van der Waals surface area contributed by atoms with Crippen molar-refractivity contribution in [3.05, 3.63) is 27.3 Å². The van der Waals surface area contributed by atoms with Crippen molar-refractivity contribution in [2.24, 2.45) is 5.92 Å². The minimum Gasteiger partial charge on any atom is -0.326 e. The summed E-state index contributed by atoms with van der Waals surface area (Å²) in [6, 6.07) is 6.08. The van der Waals surface area contributed by atoms with E-state index in [1.165, 1.54) is 9.99 Å². The van der Waals surface area contributed by atoms with Crippen LogP contribution >= 0.6 is 22.6 Å². The molecule has 2 rings (SSSR count). The quantitative estimate of drug-likeness (QED) is 0.833. The molecule has 1 aromatic rings. The molecule has 15 heavy (non-hydrogen) atoms. The second kappa shape index (κ2) is 4.51. The van der Waals surface area contributed by atoms with Gasteiger partial charge in [-0.05, 0) is 66.1 Å². The molecule has 1 fully saturated rings. The van der Waals surface area contributed by atoms with Crippen molar-refractivity contribution in [3.8, 4) is 0 Å². The highest BCUT2D eigenvalue weighted by atomic mass is 127. The van der Waals surface area contributed by atoms with Gasteiger partial charge in [0.25, 0.3) is 0 Å². The third-order valence-corrected chi connectivity index (χ3v) is 3.59. The molecule has 3 heteroatoms. The van der Waals surface area contributed by atoms with Gasteiger partial charge in [-0.2, -0.15) is 0 Å². The zero-order valence-corrected chi connectivity index (χ0v) is 10.9. The van der Waals surface area contributed by atoms with Gasteiger partial charge in [0, 0.05) is 15.2 Å². The van der Waals surface area contributed by atoms with Crippen LogP contribution in [0.25, 0.3) is 0 Å². The van der Waals surface area contributed by atoms with Crippen LogP contribution in [0.1, 0.15) is 24.8 Å². The van der Waals surface area contributed by atoms with E-state index in [4.69, 9.17) is 0 Å². The first kappa shape index (κ1) is 10.9. The number of carbonyl (C=O) groups excluding carboxylic acids is 1. The number of anilines is 1. The summed E-state index contributed by atoms with van der Waals surface area (Å²) in [7, 11) is 0. The summed E-state index contributed by atoms with van der Waals surface area (Å²) >= 11 is 2.28. The average molecular weight is 315 g/mol. The van der Waals surface area contributed by atoms with E-state index < -0.39 is 0 Å². The van der Waals surface area contributed by atoms with Crippen molar-refractivity contribution in [2.45, 2.75) is 26.2 Å². The number of hydrogen-bond donors (Lipinski definition) is 1. The number of amides is 1. The van der Waals surface area contributed by atoms with Crippen molar-refractivity contribution in [3.63, 3.8) is 0 Å². The molecule has 0 heterocycles. The Morgan fingerprint density at radius 1 is 1.47 bits per heavy atom. The van der Waals surface area contributed by atoms with E-state index in [9.17, 15) is 4.79 Å². The fraction of sp³-hybridized carbons (Fsp3) is 0.417. The molecule has 1 aliphatic rings. The first-order chi connectivity index (χ1) is 7.16. The van der Waals surface area contributed by atoms with Gasteiger partial charge >= 0.3 is 0 Å². The van der Waals surface area contributed by atoms with Crippen LogP contribution in [0, 0.1) is 16.4 Å². The average Bonchev–Trinajstić information content (AvgIpc) is 2.07. The van der Waals surface area contributed by atoms with Gasteiger partial charge in [-0.15, -0.1) is 0 Å². The third-order valence-electron chi connectivity index (χ3n) is 2.92. The molecular weight excluding hydrogens is 301 g/mol. The Labute approximate surface area is 104 Å². The SMILES string of the molecule is Cc1cc(I)ccc1NC(=O)C1CCC1. The lowest BCUT2D eigenvalue weighted by atomic mass is 9.85. The molecule has 0 saturated heterocycles. The van der Waals surface area contributed by atoms with Gasteiger partial charge < -0.3 is 5.32 Å². The molecule has 0 aromatic heterocycles. The van der Waals surface area contributed by atoms with E-state index in [2.05, 4.69) is 34.0 Å². The van der Waals surface area contributed by atoms with E-state index in [-0.39, 0.29) is 11.8 Å². The fourth-order valence-corrected chi connectivity index (χ4v) is 2.32. The molecule has 0 unspecified atom stereocenters. The van der Waals surface area contributed by atoms with E-state index in [1.54, 1.807) is 0 Å². The molecule has 80 valence electrons. The Kier molecular flexibility index (Phi) is 3.29. The molecule has 0 radical (unpaired) electrons. The molecule has 0 bridgehead atoms. The first-order valence-electron chi connectivity index (χ1n) is 5.24. The molecule has 1 aromatic carbocycles. The highest BCUT2D eigenvalue weighted by molar-refractivity contribution is 14.1. The Bertz CT molecular complexity index is 385. The number of aryl methyl sites for hydroxylation is 1. The summed E-state index contributed by atoms with van der Waals surface area (Å²) in [6.45, 7) is 2.03. The smallest absolute Gasteiger partial charge is 0.227 e. The lowest BCUT2D eigenvalue weighted by Crippen LogP contribution is -2.28. The highest BCUT2D eigenvalue weighted by Crippen LogP contribution is 2.28. The Morgan fingerprint density at radius 3 is 2.73 bits per heavy atom. The molecule has 1 N–H and O–H groups in total. The molecule has 1 amide bonds. The van der Waals surface area contributed by atoms with Gasteiger partial charge in [0.05, 0.1) is 0 Å². The third kappa shape index (κ3) is 2.51. The minimum atomic E-state index is 0.186. The van der Waals surface area contributed by atoms with Crippen LogP contribution < -0.4 is 5.32 Å². The molecule has 0 atom stereocenters. The first-order valence-corrected chi connectivity index (χ1v) is 6.32. The van der Waals surface area contributed by atoms with Crippen molar-refractivity contribution in [1.82, 2.24) is 0 Å².